The third kappa shape index (κ3) is 3.18. The summed E-state index contributed by atoms with van der Waals surface area (Å²) in [6.07, 6.45) is 4.26. The van der Waals surface area contributed by atoms with Crippen LogP contribution in [0.5, 0.6) is 0 Å². The van der Waals surface area contributed by atoms with Gasteiger partial charge in [0.1, 0.15) is 5.76 Å². The molecule has 0 saturated heterocycles. The molecule has 0 aromatic carbocycles. The molecule has 1 unspecified atom stereocenters. The van der Waals surface area contributed by atoms with E-state index in [-0.39, 0.29) is 18.9 Å². The van der Waals surface area contributed by atoms with Gasteiger partial charge in [-0.15, -0.1) is 0 Å². The van der Waals surface area contributed by atoms with Gasteiger partial charge in [-0.1, -0.05) is 6.92 Å². The van der Waals surface area contributed by atoms with Gasteiger partial charge in [0.25, 0.3) is 0 Å². The van der Waals surface area contributed by atoms with E-state index in [0.29, 0.717) is 18.8 Å². The highest BCUT2D eigenvalue weighted by molar-refractivity contribution is 5.09. The van der Waals surface area contributed by atoms with Gasteiger partial charge in [0, 0.05) is 19.3 Å². The van der Waals surface area contributed by atoms with Crippen molar-refractivity contribution in [3.8, 4) is 0 Å². The zero-order valence-corrected chi connectivity index (χ0v) is 10.3. The highest BCUT2D eigenvalue weighted by Gasteiger charge is 2.39. The fraction of sp³-hybridized carbons (Fsp3) is 0.846. The monoisotopic (exact) mass is 245 g/mol. The summed E-state index contributed by atoms with van der Waals surface area (Å²) in [7, 11) is 0. The van der Waals surface area contributed by atoms with E-state index >= 15 is 0 Å². The van der Waals surface area contributed by atoms with Gasteiger partial charge < -0.3 is 10.1 Å². The van der Waals surface area contributed by atoms with Gasteiger partial charge >= 0.3 is 0 Å². The van der Waals surface area contributed by atoms with Crippen molar-refractivity contribution >= 4 is 0 Å². The van der Waals surface area contributed by atoms with E-state index in [1.807, 2.05) is 6.92 Å². The van der Waals surface area contributed by atoms with Crippen LogP contribution in [0.25, 0.3) is 0 Å². The Morgan fingerprint density at radius 3 is 2.71 bits per heavy atom. The van der Waals surface area contributed by atoms with Crippen LogP contribution in [0.2, 0.25) is 0 Å². The number of rotatable bonds is 4. The molecule has 1 heterocycles. The lowest BCUT2D eigenvalue weighted by molar-refractivity contribution is -0.0498. The van der Waals surface area contributed by atoms with Crippen LogP contribution in [0.1, 0.15) is 39.0 Å². The lowest BCUT2D eigenvalue weighted by atomic mass is 9.81. The number of hydrogen-bond donors (Lipinski definition) is 1. The minimum absolute atomic E-state index is 0.0207. The first-order chi connectivity index (χ1) is 8.12. The summed E-state index contributed by atoms with van der Waals surface area (Å²) in [4.78, 5) is 0. The number of nitrogens with one attached hydrogen (secondary N) is 1. The van der Waals surface area contributed by atoms with Crippen molar-refractivity contribution in [1.82, 2.24) is 5.32 Å². The molecule has 98 valence electrons. The fourth-order valence-corrected chi connectivity index (χ4v) is 2.77. The van der Waals surface area contributed by atoms with Crippen molar-refractivity contribution in [2.24, 2.45) is 5.92 Å². The highest BCUT2D eigenvalue weighted by Crippen LogP contribution is 2.39. The van der Waals surface area contributed by atoms with Gasteiger partial charge in [-0.2, -0.15) is 0 Å². The summed E-state index contributed by atoms with van der Waals surface area (Å²) in [5.74, 6) is -1.18. The molecule has 0 aromatic rings. The molecule has 1 aliphatic carbocycles. The van der Waals surface area contributed by atoms with Crippen molar-refractivity contribution < 1.29 is 13.5 Å². The zero-order valence-electron chi connectivity index (χ0n) is 10.3. The van der Waals surface area contributed by atoms with E-state index in [1.54, 1.807) is 0 Å². The second-order valence-corrected chi connectivity index (χ2v) is 4.97. The maximum absolute atomic E-state index is 13.1. The molecule has 0 bridgehead atoms. The Balaban J connectivity index is 1.97. The molecule has 4 heteroatoms. The maximum atomic E-state index is 13.1. The molecule has 1 atom stereocenters. The molecule has 17 heavy (non-hydrogen) atoms. The summed E-state index contributed by atoms with van der Waals surface area (Å²) in [5, 5.41) is 3.38. The van der Waals surface area contributed by atoms with E-state index < -0.39 is 5.92 Å². The van der Waals surface area contributed by atoms with Crippen molar-refractivity contribution in [3.05, 3.63) is 11.8 Å². The first kappa shape index (κ1) is 12.8. The van der Waals surface area contributed by atoms with Crippen molar-refractivity contribution in [2.45, 2.75) is 51.0 Å². The van der Waals surface area contributed by atoms with Gasteiger partial charge in [0.2, 0.25) is 5.92 Å². The van der Waals surface area contributed by atoms with Crippen LogP contribution in [0.15, 0.2) is 11.8 Å². The van der Waals surface area contributed by atoms with E-state index in [1.165, 1.54) is 0 Å². The Morgan fingerprint density at radius 1 is 1.47 bits per heavy atom. The standard InChI is InChI=1S/C13H21F2NO/c1-2-16-12(11-4-3-9-17-11)10-5-7-13(14,15)8-6-10/h4,10,12,16H,2-3,5-9H2,1H3. The van der Waals surface area contributed by atoms with E-state index in [2.05, 4.69) is 11.4 Å². The molecular weight excluding hydrogens is 224 g/mol. The lowest BCUT2D eigenvalue weighted by Crippen LogP contribution is -2.41. The molecule has 2 aliphatic rings. The largest absolute Gasteiger partial charge is 0.496 e. The number of likely N-dealkylation sites (N-methyl/N-ethyl adjacent to an activating group) is 1. The van der Waals surface area contributed by atoms with Crippen LogP contribution in [0.4, 0.5) is 8.78 Å². The molecule has 2 rings (SSSR count). The van der Waals surface area contributed by atoms with Crippen molar-refractivity contribution in [1.29, 1.82) is 0 Å². The lowest BCUT2D eigenvalue weighted by Gasteiger charge is -2.34. The Morgan fingerprint density at radius 2 is 2.18 bits per heavy atom. The Bertz CT molecular complexity index is 281. The molecule has 0 spiro atoms. The van der Waals surface area contributed by atoms with Crippen LogP contribution in [-0.2, 0) is 4.74 Å². The molecule has 1 fully saturated rings. The third-order valence-corrected chi connectivity index (χ3v) is 3.70. The van der Waals surface area contributed by atoms with Crippen molar-refractivity contribution in [2.75, 3.05) is 13.2 Å². The normalized spacial score (nSPS) is 26.4. The summed E-state index contributed by atoms with van der Waals surface area (Å²) in [6.45, 7) is 3.62. The first-order valence-electron chi connectivity index (χ1n) is 6.56. The molecule has 0 radical (unpaired) electrons. The van der Waals surface area contributed by atoms with Crippen LogP contribution in [-0.4, -0.2) is 25.1 Å². The molecule has 0 amide bonds. The summed E-state index contributed by atoms with van der Waals surface area (Å²) in [5.41, 5.74) is 0. The zero-order chi connectivity index (χ0) is 12.3. The van der Waals surface area contributed by atoms with Crippen LogP contribution >= 0.6 is 0 Å². The molecule has 1 N–H and O–H groups in total. The molecule has 0 aromatic heterocycles. The van der Waals surface area contributed by atoms with Crippen LogP contribution in [0.3, 0.4) is 0 Å². The van der Waals surface area contributed by atoms with Crippen LogP contribution in [0, 0.1) is 5.92 Å². The van der Waals surface area contributed by atoms with Gasteiger partial charge in [0.15, 0.2) is 0 Å². The minimum Gasteiger partial charge on any atom is -0.496 e. The van der Waals surface area contributed by atoms with Crippen LogP contribution < -0.4 is 5.32 Å². The third-order valence-electron chi connectivity index (χ3n) is 3.70. The average Bonchev–Trinajstić information content (AvgIpc) is 2.80. The van der Waals surface area contributed by atoms with Gasteiger partial charge in [-0.3, -0.25) is 0 Å². The summed E-state index contributed by atoms with van der Waals surface area (Å²) >= 11 is 0. The quantitative estimate of drug-likeness (QED) is 0.821. The summed E-state index contributed by atoms with van der Waals surface area (Å²) < 4.78 is 31.9. The Kier molecular flexibility index (Phi) is 4.02. The second-order valence-electron chi connectivity index (χ2n) is 4.97. The molecule has 1 saturated carbocycles. The van der Waals surface area contributed by atoms with Gasteiger partial charge in [-0.05, 0) is 31.4 Å². The fourth-order valence-electron chi connectivity index (χ4n) is 2.77. The first-order valence-corrected chi connectivity index (χ1v) is 6.56. The maximum Gasteiger partial charge on any atom is 0.248 e. The summed E-state index contributed by atoms with van der Waals surface area (Å²) in [6, 6.07) is 0.138. The molecule has 1 aliphatic heterocycles. The molecule has 2 nitrogen and oxygen atoms in total. The minimum atomic E-state index is -2.45. The molecular formula is C13H21F2NO. The number of ether oxygens (including phenoxy) is 1. The number of halogens is 2. The topological polar surface area (TPSA) is 21.3 Å². The average molecular weight is 245 g/mol. The number of hydrogen-bond acceptors (Lipinski definition) is 2. The second kappa shape index (κ2) is 5.34. The predicted octanol–water partition coefficient (Wildman–Crippen LogP) is 3.09. The van der Waals surface area contributed by atoms with E-state index in [0.717, 1.165) is 25.3 Å². The highest BCUT2D eigenvalue weighted by atomic mass is 19.3. The Labute approximate surface area is 101 Å². The van der Waals surface area contributed by atoms with Crippen molar-refractivity contribution in [3.63, 3.8) is 0 Å². The van der Waals surface area contributed by atoms with E-state index in [4.69, 9.17) is 4.74 Å². The van der Waals surface area contributed by atoms with E-state index in [9.17, 15) is 8.78 Å². The number of alkyl halides is 2. The predicted molar refractivity (Wildman–Crippen MR) is 63.0 cm³/mol. The SMILES string of the molecule is CCNC(C1=CCCO1)C1CCC(F)(F)CC1. The Hall–Kier alpha value is -0.640. The smallest absolute Gasteiger partial charge is 0.248 e. The van der Waals surface area contributed by atoms with Gasteiger partial charge in [0.05, 0.1) is 12.6 Å². The van der Waals surface area contributed by atoms with Gasteiger partial charge in [-0.25, -0.2) is 8.78 Å².